The van der Waals surface area contributed by atoms with Crippen molar-refractivity contribution in [3.63, 3.8) is 0 Å². The number of piperidine rings is 2. The highest BCUT2D eigenvalue weighted by Gasteiger charge is 2.36. The summed E-state index contributed by atoms with van der Waals surface area (Å²) in [5.41, 5.74) is 0. The molecular weight excluding hydrogens is 429 g/mol. The molecule has 0 aromatic rings. The molecule has 2 aliphatic rings. The van der Waals surface area contributed by atoms with Crippen LogP contribution in [0.25, 0.3) is 0 Å². The molecule has 0 aliphatic carbocycles. The van der Waals surface area contributed by atoms with Crippen LogP contribution in [-0.2, 0) is 10.0 Å². The Morgan fingerprint density at radius 1 is 1.22 bits per heavy atom. The van der Waals surface area contributed by atoms with Crippen LogP contribution in [0.1, 0.15) is 32.1 Å². The third kappa shape index (κ3) is 6.71. The fourth-order valence-corrected chi connectivity index (χ4v) is 4.01. The molecule has 0 aromatic heterocycles. The largest absolute Gasteiger partial charge is 0.355 e. The number of sulfonamides is 1. The van der Waals surface area contributed by atoms with Crippen LogP contribution < -0.4 is 15.4 Å². The number of halogens is 1. The summed E-state index contributed by atoms with van der Waals surface area (Å²) in [7, 11) is 0.862. The average molecular weight is 459 g/mol. The molecule has 2 fully saturated rings. The minimum absolute atomic E-state index is 0. The van der Waals surface area contributed by atoms with Crippen LogP contribution in [0.3, 0.4) is 0 Å². The molecule has 9 heteroatoms. The molecule has 2 bridgehead atoms. The van der Waals surface area contributed by atoms with Crippen molar-refractivity contribution in [3.05, 3.63) is 0 Å². The molecule has 0 amide bonds. The fraction of sp³-hybridized carbons (Fsp3) is 0.929. The van der Waals surface area contributed by atoms with Gasteiger partial charge in [0.2, 0.25) is 10.0 Å². The van der Waals surface area contributed by atoms with E-state index in [0.717, 1.165) is 25.1 Å². The fourth-order valence-electron chi connectivity index (χ4n) is 3.54. The van der Waals surface area contributed by atoms with Crippen LogP contribution in [0.15, 0.2) is 4.99 Å². The monoisotopic (exact) mass is 459 g/mol. The van der Waals surface area contributed by atoms with Gasteiger partial charge in [-0.2, -0.15) is 0 Å². The summed E-state index contributed by atoms with van der Waals surface area (Å²) in [6.45, 7) is 0.879. The molecule has 2 aliphatic heterocycles. The SMILES string of the molecule is CN=C(NCCNS(C)(=O)=O)NC1CC2CCCC(C1)N2C.I. The Morgan fingerprint density at radius 3 is 2.35 bits per heavy atom. The maximum Gasteiger partial charge on any atom is 0.208 e. The molecule has 23 heavy (non-hydrogen) atoms. The Hall–Kier alpha value is -0.130. The molecule has 136 valence electrons. The number of hydrogen-bond acceptors (Lipinski definition) is 4. The first-order valence-electron chi connectivity index (χ1n) is 8.03. The number of nitrogens with one attached hydrogen (secondary N) is 3. The van der Waals surface area contributed by atoms with Gasteiger partial charge in [0.25, 0.3) is 0 Å². The van der Waals surface area contributed by atoms with Crippen molar-refractivity contribution in [2.75, 3.05) is 33.4 Å². The van der Waals surface area contributed by atoms with Gasteiger partial charge in [-0.05, 0) is 32.7 Å². The lowest BCUT2D eigenvalue weighted by Gasteiger charge is -2.47. The lowest BCUT2D eigenvalue weighted by atomic mass is 9.82. The minimum Gasteiger partial charge on any atom is -0.355 e. The van der Waals surface area contributed by atoms with Gasteiger partial charge in [0, 0.05) is 38.3 Å². The molecule has 2 unspecified atom stereocenters. The maximum atomic E-state index is 11.0. The van der Waals surface area contributed by atoms with Crippen molar-refractivity contribution in [1.29, 1.82) is 0 Å². The van der Waals surface area contributed by atoms with E-state index in [1.807, 2.05) is 0 Å². The van der Waals surface area contributed by atoms with Gasteiger partial charge in [-0.15, -0.1) is 24.0 Å². The van der Waals surface area contributed by atoms with E-state index in [0.29, 0.717) is 31.2 Å². The number of nitrogens with zero attached hydrogens (tertiary/aromatic N) is 2. The lowest BCUT2D eigenvalue weighted by Crippen LogP contribution is -2.57. The van der Waals surface area contributed by atoms with Crippen molar-refractivity contribution in [3.8, 4) is 0 Å². The van der Waals surface area contributed by atoms with Crippen molar-refractivity contribution in [2.45, 2.75) is 50.2 Å². The van der Waals surface area contributed by atoms with Crippen LogP contribution in [0.4, 0.5) is 0 Å². The van der Waals surface area contributed by atoms with Gasteiger partial charge in [-0.1, -0.05) is 6.42 Å². The highest BCUT2D eigenvalue weighted by Crippen LogP contribution is 2.32. The van der Waals surface area contributed by atoms with Gasteiger partial charge in [0.15, 0.2) is 5.96 Å². The summed E-state index contributed by atoms with van der Waals surface area (Å²) >= 11 is 0. The Balaban J connectivity index is 0.00000264. The zero-order valence-corrected chi connectivity index (χ0v) is 17.4. The normalized spacial score (nSPS) is 28.8. The lowest BCUT2D eigenvalue weighted by molar-refractivity contribution is 0.0526. The van der Waals surface area contributed by atoms with Crippen LogP contribution in [0.5, 0.6) is 0 Å². The second-order valence-corrected chi connectivity index (χ2v) is 8.22. The third-order valence-corrected chi connectivity index (χ3v) is 5.41. The highest BCUT2D eigenvalue weighted by molar-refractivity contribution is 14.0. The van der Waals surface area contributed by atoms with E-state index in [9.17, 15) is 8.42 Å². The molecule has 0 spiro atoms. The summed E-state index contributed by atoms with van der Waals surface area (Å²) in [6, 6.07) is 1.80. The summed E-state index contributed by atoms with van der Waals surface area (Å²) in [6.07, 6.45) is 7.38. The number of hydrogen-bond donors (Lipinski definition) is 3. The minimum atomic E-state index is -3.13. The van der Waals surface area contributed by atoms with Gasteiger partial charge >= 0.3 is 0 Å². The molecule has 2 heterocycles. The van der Waals surface area contributed by atoms with Gasteiger partial charge in [-0.3, -0.25) is 4.99 Å². The molecule has 3 N–H and O–H groups in total. The summed E-state index contributed by atoms with van der Waals surface area (Å²) in [5, 5.41) is 6.65. The van der Waals surface area contributed by atoms with Gasteiger partial charge in [0.1, 0.15) is 0 Å². The molecular formula is C14H30IN5O2S. The maximum absolute atomic E-state index is 11.0. The summed E-state index contributed by atoms with van der Waals surface area (Å²) < 4.78 is 24.5. The molecule has 0 saturated carbocycles. The predicted molar refractivity (Wildman–Crippen MR) is 105 cm³/mol. The number of fused-ring (bicyclic) bond motifs is 2. The van der Waals surface area contributed by atoms with Gasteiger partial charge in [-0.25, -0.2) is 13.1 Å². The van der Waals surface area contributed by atoms with Gasteiger partial charge in [0.05, 0.1) is 6.26 Å². The van der Waals surface area contributed by atoms with E-state index in [1.54, 1.807) is 7.05 Å². The van der Waals surface area contributed by atoms with Crippen molar-refractivity contribution >= 4 is 40.0 Å². The van der Waals surface area contributed by atoms with E-state index in [4.69, 9.17) is 0 Å². The predicted octanol–water partition coefficient (Wildman–Crippen LogP) is 0.334. The van der Waals surface area contributed by atoms with E-state index in [1.165, 1.54) is 19.3 Å². The first-order valence-corrected chi connectivity index (χ1v) is 9.92. The van der Waals surface area contributed by atoms with E-state index in [2.05, 4.69) is 32.3 Å². The van der Waals surface area contributed by atoms with Crippen LogP contribution in [0, 0.1) is 0 Å². The topological polar surface area (TPSA) is 85.8 Å². The molecule has 7 nitrogen and oxygen atoms in total. The molecule has 2 rings (SSSR count). The van der Waals surface area contributed by atoms with Crippen molar-refractivity contribution < 1.29 is 8.42 Å². The van der Waals surface area contributed by atoms with Gasteiger partial charge < -0.3 is 15.5 Å². The molecule has 0 radical (unpaired) electrons. The zero-order valence-electron chi connectivity index (χ0n) is 14.2. The molecule has 2 atom stereocenters. The number of aliphatic imine (C=N–C) groups is 1. The summed E-state index contributed by atoms with van der Waals surface area (Å²) in [4.78, 5) is 6.77. The van der Waals surface area contributed by atoms with Crippen molar-refractivity contribution in [2.24, 2.45) is 4.99 Å². The van der Waals surface area contributed by atoms with E-state index in [-0.39, 0.29) is 24.0 Å². The van der Waals surface area contributed by atoms with Crippen molar-refractivity contribution in [1.82, 2.24) is 20.3 Å². The highest BCUT2D eigenvalue weighted by atomic mass is 127. The zero-order chi connectivity index (χ0) is 16.2. The van der Waals surface area contributed by atoms with Crippen LogP contribution >= 0.6 is 24.0 Å². The Labute approximate surface area is 157 Å². The smallest absolute Gasteiger partial charge is 0.208 e. The summed E-state index contributed by atoms with van der Waals surface area (Å²) in [5.74, 6) is 0.753. The van der Waals surface area contributed by atoms with E-state index < -0.39 is 10.0 Å². The third-order valence-electron chi connectivity index (χ3n) is 4.69. The Bertz CT molecular complexity index is 485. The quantitative estimate of drug-likeness (QED) is 0.239. The Morgan fingerprint density at radius 2 is 1.83 bits per heavy atom. The van der Waals surface area contributed by atoms with E-state index >= 15 is 0 Å². The second-order valence-electron chi connectivity index (χ2n) is 6.38. The molecule has 0 aromatic carbocycles. The van der Waals surface area contributed by atoms with Crippen LogP contribution in [-0.4, -0.2) is 70.8 Å². The standard InChI is InChI=1S/C14H29N5O2S.HI/c1-15-14(16-7-8-17-22(3,20)21)18-11-9-12-5-4-6-13(10-11)19(12)2;/h11-13,17H,4-10H2,1-3H3,(H2,15,16,18);1H. The Kier molecular flexibility index (Phi) is 8.53. The average Bonchev–Trinajstić information content (AvgIpc) is 2.42. The molecule has 2 saturated heterocycles. The number of guanidine groups is 1. The first-order chi connectivity index (χ1) is 10.4. The second kappa shape index (κ2) is 9.38. The van der Waals surface area contributed by atoms with Crippen LogP contribution in [0.2, 0.25) is 0 Å². The first kappa shape index (κ1) is 20.9. The number of rotatable bonds is 5.